The van der Waals surface area contributed by atoms with Crippen LogP contribution in [0.2, 0.25) is 0 Å². The number of rotatable bonds is 0. The van der Waals surface area contributed by atoms with Crippen LogP contribution in [0.5, 0.6) is 0 Å². The number of piperidine rings is 1. The summed E-state index contributed by atoms with van der Waals surface area (Å²) in [7, 11) is 0. The molecule has 2 atom stereocenters. The highest BCUT2D eigenvalue weighted by atomic mass is 32.2. The minimum absolute atomic E-state index is 0.728. The molecule has 2 nitrogen and oxygen atoms in total. The minimum atomic E-state index is 0.728. The molecule has 0 spiro atoms. The largest absolute Gasteiger partial charge is 0.367 e. The summed E-state index contributed by atoms with van der Waals surface area (Å²) < 4.78 is 0. The van der Waals surface area contributed by atoms with E-state index < -0.39 is 0 Å². The summed E-state index contributed by atoms with van der Waals surface area (Å²) in [5, 5.41) is 3.58. The molecular weight excluding hydrogens is 240 g/mol. The molecule has 3 aliphatic rings. The second kappa shape index (κ2) is 4.17. The normalized spacial score (nSPS) is 29.7. The topological polar surface area (TPSA) is 15.3 Å². The first-order valence-corrected chi connectivity index (χ1v) is 8.08. The van der Waals surface area contributed by atoms with E-state index in [1.165, 1.54) is 48.7 Å². The molecule has 0 saturated carbocycles. The molecule has 0 amide bonds. The van der Waals surface area contributed by atoms with Crippen LogP contribution in [0.25, 0.3) is 0 Å². The molecule has 18 heavy (non-hydrogen) atoms. The van der Waals surface area contributed by atoms with Gasteiger partial charge in [0.15, 0.2) is 0 Å². The quantitative estimate of drug-likeness (QED) is 0.772. The van der Waals surface area contributed by atoms with E-state index in [4.69, 9.17) is 0 Å². The third-order valence-electron chi connectivity index (χ3n) is 4.58. The molecule has 2 unspecified atom stereocenters. The second-order valence-corrected chi connectivity index (χ2v) is 6.90. The number of aryl methyl sites for hydroxylation is 1. The van der Waals surface area contributed by atoms with Crippen molar-refractivity contribution in [2.24, 2.45) is 0 Å². The van der Waals surface area contributed by atoms with Gasteiger partial charge in [-0.1, -0.05) is 6.07 Å². The van der Waals surface area contributed by atoms with E-state index in [1.807, 2.05) is 0 Å². The monoisotopic (exact) mass is 260 g/mol. The van der Waals surface area contributed by atoms with Crippen molar-refractivity contribution in [3.05, 3.63) is 23.3 Å². The van der Waals surface area contributed by atoms with Crippen LogP contribution in [0.15, 0.2) is 17.0 Å². The summed E-state index contributed by atoms with van der Waals surface area (Å²) in [6.07, 6.45) is 2.64. The van der Waals surface area contributed by atoms with Gasteiger partial charge in [-0.25, -0.2) is 0 Å². The van der Waals surface area contributed by atoms with Crippen molar-refractivity contribution >= 4 is 17.4 Å². The van der Waals surface area contributed by atoms with Gasteiger partial charge in [0, 0.05) is 29.9 Å². The maximum Gasteiger partial charge on any atom is 0.0543 e. The van der Waals surface area contributed by atoms with Crippen LogP contribution < -0.4 is 10.2 Å². The average Bonchev–Trinajstić information content (AvgIpc) is 2.55. The Balaban J connectivity index is 1.90. The summed E-state index contributed by atoms with van der Waals surface area (Å²) in [5.41, 5.74) is 4.64. The lowest BCUT2D eigenvalue weighted by molar-refractivity contribution is 0.403. The van der Waals surface area contributed by atoms with Gasteiger partial charge in [0.2, 0.25) is 0 Å². The summed E-state index contributed by atoms with van der Waals surface area (Å²) >= 11 is 2.07. The van der Waals surface area contributed by atoms with Crippen molar-refractivity contribution < 1.29 is 0 Å². The number of thioether (sulfide) groups is 1. The lowest BCUT2D eigenvalue weighted by Gasteiger charge is -2.33. The first kappa shape index (κ1) is 11.2. The molecule has 1 fully saturated rings. The number of benzene rings is 1. The van der Waals surface area contributed by atoms with E-state index in [9.17, 15) is 0 Å². The van der Waals surface area contributed by atoms with Crippen molar-refractivity contribution in [3.8, 4) is 0 Å². The van der Waals surface area contributed by atoms with Crippen molar-refractivity contribution in [1.29, 1.82) is 0 Å². The van der Waals surface area contributed by atoms with Crippen LogP contribution >= 0.6 is 11.8 Å². The third kappa shape index (κ3) is 1.53. The molecule has 4 rings (SSSR count). The predicted molar refractivity (Wildman–Crippen MR) is 77.9 cm³/mol. The molecule has 1 aromatic rings. The molecule has 0 aliphatic carbocycles. The smallest absolute Gasteiger partial charge is 0.0543 e. The molecule has 3 heterocycles. The number of nitrogens with zero attached hydrogens (tertiary/aromatic N) is 1. The number of hydrogen-bond donors (Lipinski definition) is 1. The zero-order valence-corrected chi connectivity index (χ0v) is 11.7. The van der Waals surface area contributed by atoms with Gasteiger partial charge in [-0.3, -0.25) is 0 Å². The first-order chi connectivity index (χ1) is 8.84. The number of nitrogens with one attached hydrogen (secondary N) is 1. The van der Waals surface area contributed by atoms with Gasteiger partial charge < -0.3 is 10.2 Å². The van der Waals surface area contributed by atoms with E-state index in [-0.39, 0.29) is 0 Å². The van der Waals surface area contributed by atoms with Gasteiger partial charge in [-0.05, 0) is 49.3 Å². The molecular formula is C15H20N2S. The highest BCUT2D eigenvalue weighted by Crippen LogP contribution is 2.49. The molecule has 0 radical (unpaired) electrons. The van der Waals surface area contributed by atoms with Crippen molar-refractivity contribution in [1.82, 2.24) is 5.32 Å². The Morgan fingerprint density at radius 2 is 2.33 bits per heavy atom. The van der Waals surface area contributed by atoms with Gasteiger partial charge in [0.05, 0.1) is 5.69 Å². The Hall–Kier alpha value is -0.670. The zero-order chi connectivity index (χ0) is 12.1. The summed E-state index contributed by atoms with van der Waals surface area (Å²) in [6.45, 7) is 5.86. The second-order valence-electron chi connectivity index (χ2n) is 5.76. The molecule has 0 bridgehead atoms. The van der Waals surface area contributed by atoms with Crippen molar-refractivity contribution in [3.63, 3.8) is 0 Å². The molecule has 1 aromatic carbocycles. The van der Waals surface area contributed by atoms with Crippen molar-refractivity contribution in [2.45, 2.75) is 36.6 Å². The van der Waals surface area contributed by atoms with Crippen molar-refractivity contribution in [2.75, 3.05) is 30.3 Å². The fourth-order valence-corrected chi connectivity index (χ4v) is 5.00. The highest BCUT2D eigenvalue weighted by molar-refractivity contribution is 7.99. The molecule has 96 valence electrons. The SMILES string of the molecule is Cc1cc2c3c(c1)C1CNCCC1N3CCCS2. The van der Waals surface area contributed by atoms with Gasteiger partial charge in [0.25, 0.3) is 0 Å². The molecule has 0 aromatic heterocycles. The number of hydrogen-bond acceptors (Lipinski definition) is 3. The Morgan fingerprint density at radius 1 is 1.39 bits per heavy atom. The van der Waals surface area contributed by atoms with E-state index in [0.29, 0.717) is 0 Å². The summed E-state index contributed by atoms with van der Waals surface area (Å²) in [6, 6.07) is 5.60. The van der Waals surface area contributed by atoms with E-state index >= 15 is 0 Å². The van der Waals surface area contributed by atoms with E-state index in [1.54, 1.807) is 11.3 Å². The number of anilines is 1. The van der Waals surface area contributed by atoms with Crippen LogP contribution in [0.3, 0.4) is 0 Å². The Bertz CT molecular complexity index is 486. The fraction of sp³-hybridized carbons (Fsp3) is 0.600. The average molecular weight is 260 g/mol. The van der Waals surface area contributed by atoms with E-state index in [0.717, 1.165) is 12.0 Å². The van der Waals surface area contributed by atoms with Crippen LogP contribution in [0.1, 0.15) is 29.9 Å². The van der Waals surface area contributed by atoms with Crippen LogP contribution in [0.4, 0.5) is 5.69 Å². The van der Waals surface area contributed by atoms with Crippen LogP contribution in [-0.2, 0) is 0 Å². The summed E-state index contributed by atoms with van der Waals surface area (Å²) in [5.74, 6) is 2.01. The lowest BCUT2D eigenvalue weighted by Crippen LogP contribution is -2.44. The Labute approximate surface area is 113 Å². The minimum Gasteiger partial charge on any atom is -0.367 e. The maximum absolute atomic E-state index is 3.58. The van der Waals surface area contributed by atoms with Crippen LogP contribution in [-0.4, -0.2) is 31.4 Å². The van der Waals surface area contributed by atoms with Gasteiger partial charge in [0.1, 0.15) is 0 Å². The molecule has 3 aliphatic heterocycles. The lowest BCUT2D eigenvalue weighted by atomic mass is 9.89. The predicted octanol–water partition coefficient (Wildman–Crippen LogP) is 2.76. The molecule has 1 saturated heterocycles. The standard InChI is InChI=1S/C15H20N2S/c1-10-7-11-12-9-16-4-3-13(12)17-5-2-6-18-14(8-10)15(11)17/h7-8,12-13,16H,2-6,9H2,1H3. The van der Waals surface area contributed by atoms with Gasteiger partial charge in [-0.15, -0.1) is 11.8 Å². The van der Waals surface area contributed by atoms with Gasteiger partial charge >= 0.3 is 0 Å². The molecule has 3 heteroatoms. The zero-order valence-electron chi connectivity index (χ0n) is 10.9. The molecule has 1 N–H and O–H groups in total. The highest BCUT2D eigenvalue weighted by Gasteiger charge is 2.41. The van der Waals surface area contributed by atoms with Gasteiger partial charge in [-0.2, -0.15) is 0 Å². The Kier molecular flexibility index (Phi) is 2.59. The fourth-order valence-electron chi connectivity index (χ4n) is 3.87. The summed E-state index contributed by atoms with van der Waals surface area (Å²) in [4.78, 5) is 4.27. The van der Waals surface area contributed by atoms with Crippen LogP contribution in [0, 0.1) is 6.92 Å². The van der Waals surface area contributed by atoms with E-state index in [2.05, 4.69) is 41.0 Å². The first-order valence-electron chi connectivity index (χ1n) is 7.09. The third-order valence-corrected chi connectivity index (χ3v) is 5.70. The number of fused-ring (bicyclic) bond motifs is 3. The maximum atomic E-state index is 3.58. The Morgan fingerprint density at radius 3 is 3.28 bits per heavy atom.